The van der Waals surface area contributed by atoms with Gasteiger partial charge in [0, 0.05) is 31.7 Å². The van der Waals surface area contributed by atoms with Crippen LogP contribution in [0.4, 0.5) is 17.5 Å². The lowest BCUT2D eigenvalue weighted by Crippen LogP contribution is -2.32. The van der Waals surface area contributed by atoms with E-state index in [1.54, 1.807) is 18.1 Å². The molecule has 1 aliphatic heterocycles. The number of fused-ring (bicyclic) bond motifs is 1. The zero-order chi connectivity index (χ0) is 24.1. The molecule has 0 unspecified atom stereocenters. The van der Waals surface area contributed by atoms with E-state index in [0.717, 1.165) is 22.4 Å². The Morgan fingerprint density at radius 2 is 2.03 bits per heavy atom. The minimum Gasteiger partial charge on any atom is -0.403 e. The highest BCUT2D eigenvalue weighted by atomic mass is 16.3. The number of hydrazine groups is 1. The molecule has 2 aromatic carbocycles. The third-order valence-electron chi connectivity index (χ3n) is 5.73. The van der Waals surface area contributed by atoms with Gasteiger partial charge in [-0.3, -0.25) is 10.6 Å². The highest BCUT2D eigenvalue weighted by Gasteiger charge is 2.21. The minimum absolute atomic E-state index is 0.108. The summed E-state index contributed by atoms with van der Waals surface area (Å²) >= 11 is 0. The monoisotopic (exact) mass is 460 g/mol. The van der Waals surface area contributed by atoms with Gasteiger partial charge in [0.05, 0.1) is 30.3 Å². The first-order valence-electron chi connectivity index (χ1n) is 10.8. The Balaban J connectivity index is 1.64. The molecule has 1 atom stereocenters. The van der Waals surface area contributed by atoms with Crippen LogP contribution in [-0.4, -0.2) is 39.5 Å². The van der Waals surface area contributed by atoms with E-state index in [1.165, 1.54) is 6.20 Å². The molecule has 0 spiro atoms. The maximum absolute atomic E-state index is 12.0. The Morgan fingerprint density at radius 1 is 1.24 bits per heavy atom. The van der Waals surface area contributed by atoms with E-state index < -0.39 is 6.04 Å². The second kappa shape index (κ2) is 10.2. The number of likely N-dealkylation sites (N-methyl/N-ethyl adjacent to an activating group) is 1. The number of nitrogens with zero attached hydrogens (tertiary/aromatic N) is 3. The Hall–Kier alpha value is -4.15. The van der Waals surface area contributed by atoms with Crippen molar-refractivity contribution in [1.29, 1.82) is 0 Å². The molecule has 10 nitrogen and oxygen atoms in total. The number of hydrogen-bond donors (Lipinski definition) is 6. The Labute approximate surface area is 197 Å². The molecule has 176 valence electrons. The minimum atomic E-state index is -0.406. The van der Waals surface area contributed by atoms with Crippen molar-refractivity contribution in [2.24, 2.45) is 11.6 Å². The summed E-state index contributed by atoms with van der Waals surface area (Å²) in [4.78, 5) is 22.7. The summed E-state index contributed by atoms with van der Waals surface area (Å²) in [5.74, 6) is 6.53. The predicted octanol–water partition coefficient (Wildman–Crippen LogP) is 1.60. The van der Waals surface area contributed by atoms with E-state index in [-0.39, 0.29) is 12.5 Å². The molecule has 0 bridgehead atoms. The summed E-state index contributed by atoms with van der Waals surface area (Å²) in [5.41, 5.74) is 13.1. The van der Waals surface area contributed by atoms with Crippen molar-refractivity contribution >= 4 is 29.1 Å². The standard InChI is InChI=1S/C24H28N8O2/c1-32-13-17-9-18(8-7-16(17)10-22(32)34)28-24-27-12-19(20(11-25)31-26)23(30-24)29-21(14-33)15-5-3-2-4-6-15/h2-9,11-12,21,31,33H,10,13-14,25-26H2,1H3,(H2,27,28,29,30)/b20-11-/t21-/m1/s1. The number of carbonyl (C=O) groups is 1. The lowest BCUT2D eigenvalue weighted by molar-refractivity contribution is -0.130. The Kier molecular flexibility index (Phi) is 6.90. The number of aliphatic hydroxyl groups excluding tert-OH is 1. The quantitative estimate of drug-likeness (QED) is 0.217. The fourth-order valence-corrected chi connectivity index (χ4v) is 3.84. The highest BCUT2D eigenvalue weighted by molar-refractivity contribution is 5.81. The van der Waals surface area contributed by atoms with E-state index >= 15 is 0 Å². The number of aromatic nitrogens is 2. The van der Waals surface area contributed by atoms with Crippen LogP contribution in [0.5, 0.6) is 0 Å². The van der Waals surface area contributed by atoms with Crippen molar-refractivity contribution in [3.05, 3.63) is 83.2 Å². The van der Waals surface area contributed by atoms with E-state index in [0.29, 0.717) is 36.0 Å². The van der Waals surface area contributed by atoms with Crippen molar-refractivity contribution in [2.75, 3.05) is 24.3 Å². The summed E-state index contributed by atoms with van der Waals surface area (Å²) < 4.78 is 0. The second-order valence-corrected chi connectivity index (χ2v) is 8.01. The molecule has 10 heteroatoms. The number of aliphatic hydroxyl groups is 1. The van der Waals surface area contributed by atoms with Gasteiger partial charge < -0.3 is 31.8 Å². The maximum atomic E-state index is 12.0. The summed E-state index contributed by atoms with van der Waals surface area (Å²) in [6, 6.07) is 15.0. The van der Waals surface area contributed by atoms with Crippen LogP contribution in [0.15, 0.2) is 60.9 Å². The van der Waals surface area contributed by atoms with Crippen LogP contribution < -0.4 is 27.6 Å². The van der Waals surface area contributed by atoms with E-state index in [1.807, 2.05) is 48.5 Å². The van der Waals surface area contributed by atoms with E-state index in [9.17, 15) is 9.90 Å². The first kappa shape index (κ1) is 23.0. The number of nitrogens with one attached hydrogen (secondary N) is 3. The molecular formula is C24H28N8O2. The predicted molar refractivity (Wildman–Crippen MR) is 131 cm³/mol. The number of carbonyl (C=O) groups excluding carboxylic acids is 1. The molecular weight excluding hydrogens is 432 g/mol. The van der Waals surface area contributed by atoms with Crippen LogP contribution in [0.1, 0.15) is 28.3 Å². The van der Waals surface area contributed by atoms with Crippen molar-refractivity contribution < 1.29 is 9.90 Å². The van der Waals surface area contributed by atoms with Crippen molar-refractivity contribution in [3.63, 3.8) is 0 Å². The van der Waals surface area contributed by atoms with Crippen LogP contribution in [0.25, 0.3) is 5.70 Å². The van der Waals surface area contributed by atoms with Gasteiger partial charge in [0.1, 0.15) is 5.82 Å². The van der Waals surface area contributed by atoms with Gasteiger partial charge in [0.15, 0.2) is 0 Å². The Morgan fingerprint density at radius 3 is 2.74 bits per heavy atom. The number of anilines is 3. The largest absolute Gasteiger partial charge is 0.403 e. The summed E-state index contributed by atoms with van der Waals surface area (Å²) in [6.07, 6.45) is 3.32. The molecule has 1 aromatic heterocycles. The van der Waals surface area contributed by atoms with Crippen LogP contribution in [0.2, 0.25) is 0 Å². The second-order valence-electron chi connectivity index (χ2n) is 8.01. The van der Waals surface area contributed by atoms with Crippen LogP contribution in [0, 0.1) is 0 Å². The molecule has 34 heavy (non-hydrogen) atoms. The molecule has 1 aliphatic rings. The van der Waals surface area contributed by atoms with Crippen molar-refractivity contribution in [3.8, 4) is 0 Å². The van der Waals surface area contributed by atoms with Gasteiger partial charge >= 0.3 is 0 Å². The molecule has 1 amide bonds. The summed E-state index contributed by atoms with van der Waals surface area (Å²) in [7, 11) is 1.80. The van der Waals surface area contributed by atoms with Gasteiger partial charge in [-0.2, -0.15) is 4.98 Å². The molecule has 0 aliphatic carbocycles. The van der Waals surface area contributed by atoms with Gasteiger partial charge in [-0.05, 0) is 28.8 Å². The average Bonchev–Trinajstić information content (AvgIpc) is 2.85. The fraction of sp³-hybridized carbons (Fsp3) is 0.208. The Bertz CT molecular complexity index is 1200. The average molecular weight is 461 g/mol. The summed E-state index contributed by atoms with van der Waals surface area (Å²) in [6.45, 7) is 0.406. The number of rotatable bonds is 8. The van der Waals surface area contributed by atoms with E-state index in [4.69, 9.17) is 11.6 Å². The first-order valence-corrected chi connectivity index (χ1v) is 10.8. The zero-order valence-electron chi connectivity index (χ0n) is 18.8. The third kappa shape index (κ3) is 4.92. The topological polar surface area (TPSA) is 154 Å². The van der Waals surface area contributed by atoms with Crippen LogP contribution in [-0.2, 0) is 17.8 Å². The maximum Gasteiger partial charge on any atom is 0.229 e. The molecule has 0 radical (unpaired) electrons. The third-order valence-corrected chi connectivity index (χ3v) is 5.73. The molecule has 4 rings (SSSR count). The molecule has 2 heterocycles. The smallest absolute Gasteiger partial charge is 0.229 e. The fourth-order valence-electron chi connectivity index (χ4n) is 3.84. The molecule has 3 aromatic rings. The van der Waals surface area contributed by atoms with Crippen LogP contribution in [0.3, 0.4) is 0 Å². The van der Waals surface area contributed by atoms with Crippen molar-refractivity contribution in [2.45, 2.75) is 19.0 Å². The lowest BCUT2D eigenvalue weighted by Gasteiger charge is -2.25. The number of hydrogen-bond acceptors (Lipinski definition) is 9. The zero-order valence-corrected chi connectivity index (χ0v) is 18.8. The highest BCUT2D eigenvalue weighted by Crippen LogP contribution is 2.27. The van der Waals surface area contributed by atoms with E-state index in [2.05, 4.69) is 26.0 Å². The number of benzene rings is 2. The van der Waals surface area contributed by atoms with Gasteiger partial charge in [0.2, 0.25) is 11.9 Å². The van der Waals surface area contributed by atoms with Gasteiger partial charge in [-0.1, -0.05) is 36.4 Å². The van der Waals surface area contributed by atoms with Gasteiger partial charge in [-0.15, -0.1) is 0 Å². The lowest BCUT2D eigenvalue weighted by atomic mass is 9.99. The van der Waals surface area contributed by atoms with Crippen LogP contribution >= 0.6 is 0 Å². The van der Waals surface area contributed by atoms with Gasteiger partial charge in [-0.25, -0.2) is 4.98 Å². The first-order chi connectivity index (χ1) is 16.5. The van der Waals surface area contributed by atoms with Gasteiger partial charge in [0.25, 0.3) is 0 Å². The normalized spacial score (nSPS) is 14.4. The van der Waals surface area contributed by atoms with Crippen molar-refractivity contribution in [1.82, 2.24) is 20.3 Å². The number of amides is 1. The molecule has 0 saturated heterocycles. The molecule has 8 N–H and O–H groups in total. The number of nitrogens with two attached hydrogens (primary N) is 2. The molecule has 0 fully saturated rings. The SMILES string of the molecule is CN1Cc2cc(Nc3ncc(/C(=C/N)NN)c(N[C@H](CO)c4ccccc4)n3)ccc2CC1=O. The summed E-state index contributed by atoms with van der Waals surface area (Å²) in [5, 5.41) is 16.5. The molecule has 0 saturated carbocycles.